The summed E-state index contributed by atoms with van der Waals surface area (Å²) in [6, 6.07) is 0. The molecule has 2 rings (SSSR count). The first-order valence-corrected chi connectivity index (χ1v) is 7.87. The van der Waals surface area contributed by atoms with E-state index in [4.69, 9.17) is 4.74 Å². The third-order valence-electron chi connectivity index (χ3n) is 4.43. The topological polar surface area (TPSA) is 50.4 Å². The second-order valence-electron chi connectivity index (χ2n) is 6.01. The van der Waals surface area contributed by atoms with Gasteiger partial charge < -0.3 is 15.4 Å². The van der Waals surface area contributed by atoms with E-state index < -0.39 is 0 Å². The van der Waals surface area contributed by atoms with Crippen LogP contribution in [0, 0.1) is 11.8 Å². The summed E-state index contributed by atoms with van der Waals surface area (Å²) in [4.78, 5) is 11.9. The van der Waals surface area contributed by atoms with Gasteiger partial charge in [0.05, 0.1) is 18.6 Å². The number of nitrogens with one attached hydrogen (secondary N) is 2. The van der Waals surface area contributed by atoms with Crippen molar-refractivity contribution < 1.29 is 9.53 Å². The monoisotopic (exact) mass is 304 g/mol. The first-order chi connectivity index (χ1) is 9.27. The Hall–Kier alpha value is -0.320. The van der Waals surface area contributed by atoms with Crippen LogP contribution in [0.1, 0.15) is 45.4 Å². The summed E-state index contributed by atoms with van der Waals surface area (Å²) >= 11 is 0. The van der Waals surface area contributed by atoms with E-state index in [1.165, 1.54) is 25.7 Å². The largest absolute Gasteiger partial charge is 0.376 e. The standard InChI is InChI=1S/C15H28N2O2.ClH/c1-12-5-2-3-7-14(12)19-10-9-17-15(18)13-6-4-8-16-11-13;/h12-14,16H,2-11H2,1H3,(H,17,18);1H. The van der Waals surface area contributed by atoms with Crippen LogP contribution in [0.15, 0.2) is 0 Å². The van der Waals surface area contributed by atoms with Crippen molar-refractivity contribution >= 4 is 18.3 Å². The highest BCUT2D eigenvalue weighted by Gasteiger charge is 2.22. The van der Waals surface area contributed by atoms with Crippen molar-refractivity contribution in [3.05, 3.63) is 0 Å². The second-order valence-corrected chi connectivity index (χ2v) is 6.01. The smallest absolute Gasteiger partial charge is 0.224 e. The first kappa shape index (κ1) is 17.7. The van der Waals surface area contributed by atoms with E-state index in [1.54, 1.807) is 0 Å². The van der Waals surface area contributed by atoms with Gasteiger partial charge in [0, 0.05) is 13.1 Å². The molecule has 2 fully saturated rings. The molecule has 5 heteroatoms. The molecule has 0 aromatic heterocycles. The summed E-state index contributed by atoms with van der Waals surface area (Å²) in [7, 11) is 0. The summed E-state index contributed by atoms with van der Waals surface area (Å²) in [5.74, 6) is 1.02. The second kappa shape index (κ2) is 9.59. The Morgan fingerprint density at radius 2 is 2.05 bits per heavy atom. The van der Waals surface area contributed by atoms with Crippen molar-refractivity contribution in [2.45, 2.75) is 51.6 Å². The summed E-state index contributed by atoms with van der Waals surface area (Å²) in [6.45, 7) is 5.45. The quantitative estimate of drug-likeness (QED) is 0.765. The molecule has 1 saturated carbocycles. The molecule has 0 bridgehead atoms. The van der Waals surface area contributed by atoms with Crippen molar-refractivity contribution in [3.63, 3.8) is 0 Å². The Morgan fingerprint density at radius 1 is 1.25 bits per heavy atom. The van der Waals surface area contributed by atoms with Crippen LogP contribution in [0.3, 0.4) is 0 Å². The summed E-state index contributed by atoms with van der Waals surface area (Å²) in [5.41, 5.74) is 0. The first-order valence-electron chi connectivity index (χ1n) is 7.87. The zero-order chi connectivity index (χ0) is 13.5. The van der Waals surface area contributed by atoms with E-state index in [1.807, 2.05) is 0 Å². The molecular weight excluding hydrogens is 276 g/mol. The predicted octanol–water partition coefficient (Wildman–Crippen LogP) is 2.12. The van der Waals surface area contributed by atoms with Gasteiger partial charge in [-0.1, -0.05) is 19.8 Å². The van der Waals surface area contributed by atoms with Gasteiger partial charge in [-0.05, 0) is 38.1 Å². The zero-order valence-corrected chi connectivity index (χ0v) is 13.3. The lowest BCUT2D eigenvalue weighted by atomic mass is 9.88. The van der Waals surface area contributed by atoms with E-state index in [0.717, 1.165) is 25.9 Å². The van der Waals surface area contributed by atoms with E-state index in [0.29, 0.717) is 25.2 Å². The molecule has 3 unspecified atom stereocenters. The third-order valence-corrected chi connectivity index (χ3v) is 4.43. The molecule has 3 atom stereocenters. The third kappa shape index (κ3) is 5.58. The van der Waals surface area contributed by atoms with Crippen molar-refractivity contribution in [1.82, 2.24) is 10.6 Å². The fourth-order valence-electron chi connectivity index (χ4n) is 3.13. The number of amides is 1. The van der Waals surface area contributed by atoms with Crippen molar-refractivity contribution in [2.75, 3.05) is 26.2 Å². The van der Waals surface area contributed by atoms with Crippen molar-refractivity contribution in [2.24, 2.45) is 11.8 Å². The van der Waals surface area contributed by atoms with Crippen LogP contribution < -0.4 is 10.6 Å². The zero-order valence-electron chi connectivity index (χ0n) is 12.5. The van der Waals surface area contributed by atoms with Gasteiger partial charge >= 0.3 is 0 Å². The normalized spacial score (nSPS) is 30.4. The fourth-order valence-corrected chi connectivity index (χ4v) is 3.13. The molecular formula is C15H29ClN2O2. The minimum Gasteiger partial charge on any atom is -0.376 e. The van der Waals surface area contributed by atoms with Gasteiger partial charge in [0.15, 0.2) is 0 Å². The number of hydrogen-bond acceptors (Lipinski definition) is 3. The van der Waals surface area contributed by atoms with Gasteiger partial charge in [-0.25, -0.2) is 0 Å². The molecule has 1 heterocycles. The molecule has 0 aromatic rings. The Kier molecular flexibility index (Phi) is 8.50. The maximum Gasteiger partial charge on any atom is 0.224 e. The van der Waals surface area contributed by atoms with E-state index >= 15 is 0 Å². The number of carbonyl (C=O) groups is 1. The molecule has 1 aliphatic carbocycles. The lowest BCUT2D eigenvalue weighted by molar-refractivity contribution is -0.125. The number of hydrogen-bond donors (Lipinski definition) is 2. The average Bonchev–Trinajstić information content (AvgIpc) is 2.46. The molecule has 4 nitrogen and oxygen atoms in total. The molecule has 1 saturated heterocycles. The molecule has 1 aliphatic heterocycles. The van der Waals surface area contributed by atoms with Crippen LogP contribution in [0.4, 0.5) is 0 Å². The highest BCUT2D eigenvalue weighted by atomic mass is 35.5. The molecule has 20 heavy (non-hydrogen) atoms. The molecule has 0 radical (unpaired) electrons. The number of rotatable bonds is 5. The Bertz CT molecular complexity index is 283. The van der Waals surface area contributed by atoms with Gasteiger partial charge in [-0.3, -0.25) is 4.79 Å². The maximum atomic E-state index is 11.9. The Labute approximate surface area is 128 Å². The van der Waals surface area contributed by atoms with Gasteiger partial charge in [0.2, 0.25) is 5.91 Å². The van der Waals surface area contributed by atoms with Crippen LogP contribution in [0.5, 0.6) is 0 Å². The lowest BCUT2D eigenvalue weighted by Gasteiger charge is -2.29. The van der Waals surface area contributed by atoms with E-state index in [-0.39, 0.29) is 24.2 Å². The molecule has 118 valence electrons. The SMILES string of the molecule is CC1CCCCC1OCCNC(=O)C1CCCNC1.Cl. The van der Waals surface area contributed by atoms with Crippen LogP contribution in [0.2, 0.25) is 0 Å². The van der Waals surface area contributed by atoms with Crippen LogP contribution in [0.25, 0.3) is 0 Å². The minimum atomic E-state index is 0. The van der Waals surface area contributed by atoms with Crippen molar-refractivity contribution in [3.8, 4) is 0 Å². The minimum absolute atomic E-state index is 0. The highest BCUT2D eigenvalue weighted by Crippen LogP contribution is 2.25. The number of piperidine rings is 1. The molecule has 1 amide bonds. The van der Waals surface area contributed by atoms with Crippen LogP contribution in [-0.2, 0) is 9.53 Å². The lowest BCUT2D eigenvalue weighted by Crippen LogP contribution is -2.41. The number of ether oxygens (including phenoxy) is 1. The molecule has 2 N–H and O–H groups in total. The summed E-state index contributed by atoms with van der Waals surface area (Å²) in [6.07, 6.45) is 7.61. The van der Waals surface area contributed by atoms with Crippen molar-refractivity contribution in [1.29, 1.82) is 0 Å². The van der Waals surface area contributed by atoms with Gasteiger partial charge in [-0.15, -0.1) is 12.4 Å². The van der Waals surface area contributed by atoms with Gasteiger partial charge in [0.25, 0.3) is 0 Å². The van der Waals surface area contributed by atoms with Crippen LogP contribution >= 0.6 is 12.4 Å². The number of halogens is 1. The van der Waals surface area contributed by atoms with Gasteiger partial charge in [-0.2, -0.15) is 0 Å². The Morgan fingerprint density at radius 3 is 2.75 bits per heavy atom. The summed E-state index contributed by atoms with van der Waals surface area (Å²) < 4.78 is 5.90. The fraction of sp³-hybridized carbons (Fsp3) is 0.933. The highest BCUT2D eigenvalue weighted by molar-refractivity contribution is 5.85. The average molecular weight is 305 g/mol. The molecule has 2 aliphatic rings. The molecule has 0 aromatic carbocycles. The van der Waals surface area contributed by atoms with Gasteiger partial charge in [0.1, 0.15) is 0 Å². The number of carbonyl (C=O) groups excluding carboxylic acids is 1. The van der Waals surface area contributed by atoms with E-state index in [2.05, 4.69) is 17.6 Å². The summed E-state index contributed by atoms with van der Waals surface area (Å²) in [5, 5.41) is 6.27. The van der Waals surface area contributed by atoms with Crippen LogP contribution in [-0.4, -0.2) is 38.3 Å². The molecule has 0 spiro atoms. The van der Waals surface area contributed by atoms with E-state index in [9.17, 15) is 4.79 Å². The predicted molar refractivity (Wildman–Crippen MR) is 83.2 cm³/mol. The maximum absolute atomic E-state index is 11.9. The Balaban J connectivity index is 0.00000200.